The molecular weight excluding hydrogens is 175 g/mol. The Morgan fingerprint density at radius 3 is 2.33 bits per heavy atom. The number of hydrogen-bond donors (Lipinski definition) is 0. The third-order valence-electron chi connectivity index (χ3n) is 1.80. The zero-order valence-corrected chi connectivity index (χ0v) is 8.24. The minimum Gasteiger partial charge on any atom is -0.207 e. The molecule has 1 aromatic carbocycles. The lowest BCUT2D eigenvalue weighted by Gasteiger charge is -2.09. The maximum Gasteiger partial charge on any atom is 0.128 e. The molecule has 1 rings (SSSR count). The van der Waals surface area contributed by atoms with E-state index in [1.54, 1.807) is 6.07 Å². The van der Waals surface area contributed by atoms with Crippen LogP contribution in [0.5, 0.6) is 0 Å². The van der Waals surface area contributed by atoms with Crippen molar-refractivity contribution < 1.29 is 4.39 Å². The smallest absolute Gasteiger partial charge is 0.128 e. The summed E-state index contributed by atoms with van der Waals surface area (Å²) < 4.78 is 13.3. The van der Waals surface area contributed by atoms with Crippen LogP contribution in [0.4, 0.5) is 4.39 Å². The van der Waals surface area contributed by atoms with Gasteiger partial charge in [-0.3, -0.25) is 0 Å². The van der Waals surface area contributed by atoms with E-state index in [1.165, 1.54) is 6.07 Å². The Morgan fingerprint density at radius 1 is 1.33 bits per heavy atom. The summed E-state index contributed by atoms with van der Waals surface area (Å²) >= 11 is 5.89. The van der Waals surface area contributed by atoms with E-state index in [0.29, 0.717) is 10.6 Å². The van der Waals surface area contributed by atoms with Gasteiger partial charge in [-0.15, -0.1) is 0 Å². The Balaban J connectivity index is 3.28. The van der Waals surface area contributed by atoms with Gasteiger partial charge in [0.25, 0.3) is 0 Å². The lowest BCUT2D eigenvalue weighted by atomic mass is 10.0. The summed E-state index contributed by atoms with van der Waals surface area (Å²) in [6.45, 7) is 5.69. The molecule has 0 atom stereocenters. The van der Waals surface area contributed by atoms with Crippen LogP contribution in [0, 0.1) is 12.7 Å². The summed E-state index contributed by atoms with van der Waals surface area (Å²) in [4.78, 5) is 0. The zero-order chi connectivity index (χ0) is 9.30. The fraction of sp³-hybridized carbons (Fsp3) is 0.400. The Kier molecular flexibility index (Phi) is 2.73. The molecule has 0 fully saturated rings. The highest BCUT2D eigenvalue weighted by Gasteiger charge is 2.11. The highest BCUT2D eigenvalue weighted by atomic mass is 35.5. The van der Waals surface area contributed by atoms with Crippen LogP contribution in [-0.2, 0) is 0 Å². The van der Waals surface area contributed by atoms with E-state index in [-0.39, 0.29) is 11.7 Å². The van der Waals surface area contributed by atoms with Crippen LogP contribution in [-0.4, -0.2) is 0 Å². The van der Waals surface area contributed by atoms with E-state index in [2.05, 4.69) is 0 Å². The number of halogens is 2. The van der Waals surface area contributed by atoms with Gasteiger partial charge in [-0.1, -0.05) is 25.4 Å². The normalized spacial score (nSPS) is 10.8. The Bertz CT molecular complexity index is 269. The lowest BCUT2D eigenvalue weighted by Crippen LogP contribution is -1.95. The Morgan fingerprint density at radius 2 is 1.92 bits per heavy atom. The third-order valence-corrected chi connectivity index (χ3v) is 2.11. The SMILES string of the molecule is Cc1cc(F)c(C(C)C)c(Cl)c1. The van der Waals surface area contributed by atoms with Crippen molar-refractivity contribution in [1.29, 1.82) is 0 Å². The maximum atomic E-state index is 13.3. The van der Waals surface area contributed by atoms with E-state index in [9.17, 15) is 4.39 Å². The molecule has 0 bridgehead atoms. The van der Waals surface area contributed by atoms with Crippen LogP contribution >= 0.6 is 11.6 Å². The number of benzene rings is 1. The predicted octanol–water partition coefficient (Wildman–Crippen LogP) is 3.91. The number of rotatable bonds is 1. The predicted molar refractivity (Wildman–Crippen MR) is 50.2 cm³/mol. The average Bonchev–Trinajstić information content (AvgIpc) is 1.82. The van der Waals surface area contributed by atoms with Gasteiger partial charge in [0.15, 0.2) is 0 Å². The fourth-order valence-corrected chi connectivity index (χ4v) is 1.74. The molecule has 0 N–H and O–H groups in total. The first-order chi connectivity index (χ1) is 5.52. The van der Waals surface area contributed by atoms with Gasteiger partial charge in [-0.05, 0) is 30.5 Å². The van der Waals surface area contributed by atoms with Crippen molar-refractivity contribution in [2.24, 2.45) is 0 Å². The monoisotopic (exact) mass is 186 g/mol. The van der Waals surface area contributed by atoms with Crippen LogP contribution < -0.4 is 0 Å². The van der Waals surface area contributed by atoms with Crippen molar-refractivity contribution in [3.8, 4) is 0 Å². The first kappa shape index (κ1) is 9.53. The molecule has 0 aliphatic rings. The van der Waals surface area contributed by atoms with Gasteiger partial charge in [-0.2, -0.15) is 0 Å². The van der Waals surface area contributed by atoms with Gasteiger partial charge in [-0.25, -0.2) is 4.39 Å². The second-order valence-corrected chi connectivity index (χ2v) is 3.70. The first-order valence-electron chi connectivity index (χ1n) is 3.98. The molecule has 0 saturated heterocycles. The van der Waals surface area contributed by atoms with E-state index in [1.807, 2.05) is 20.8 Å². The van der Waals surface area contributed by atoms with Gasteiger partial charge >= 0.3 is 0 Å². The lowest BCUT2D eigenvalue weighted by molar-refractivity contribution is 0.597. The Hall–Kier alpha value is -0.560. The maximum absolute atomic E-state index is 13.3. The van der Waals surface area contributed by atoms with Gasteiger partial charge in [0, 0.05) is 10.6 Å². The largest absolute Gasteiger partial charge is 0.207 e. The van der Waals surface area contributed by atoms with E-state index < -0.39 is 0 Å². The molecule has 2 heteroatoms. The van der Waals surface area contributed by atoms with Crippen LogP contribution in [0.15, 0.2) is 12.1 Å². The highest BCUT2D eigenvalue weighted by molar-refractivity contribution is 6.31. The van der Waals surface area contributed by atoms with Gasteiger partial charge in [0.1, 0.15) is 5.82 Å². The van der Waals surface area contributed by atoms with Crippen molar-refractivity contribution in [2.75, 3.05) is 0 Å². The van der Waals surface area contributed by atoms with Crippen LogP contribution in [0.3, 0.4) is 0 Å². The minimum atomic E-state index is -0.199. The van der Waals surface area contributed by atoms with Crippen molar-refractivity contribution >= 4 is 11.6 Å². The summed E-state index contributed by atoms with van der Waals surface area (Å²) in [6, 6.07) is 3.31. The molecule has 0 saturated carbocycles. The molecule has 0 aliphatic heterocycles. The number of hydrogen-bond acceptors (Lipinski definition) is 0. The fourth-order valence-electron chi connectivity index (χ4n) is 1.26. The molecule has 0 aromatic heterocycles. The van der Waals surface area contributed by atoms with Crippen molar-refractivity contribution in [3.63, 3.8) is 0 Å². The molecule has 0 unspecified atom stereocenters. The summed E-state index contributed by atoms with van der Waals surface area (Å²) in [5.74, 6) is -0.0619. The van der Waals surface area contributed by atoms with Crippen molar-refractivity contribution in [1.82, 2.24) is 0 Å². The zero-order valence-electron chi connectivity index (χ0n) is 7.49. The molecule has 0 aliphatic carbocycles. The van der Waals surface area contributed by atoms with Crippen molar-refractivity contribution in [2.45, 2.75) is 26.7 Å². The second-order valence-electron chi connectivity index (χ2n) is 3.30. The minimum absolute atomic E-state index is 0.137. The average molecular weight is 187 g/mol. The van der Waals surface area contributed by atoms with Crippen LogP contribution in [0.2, 0.25) is 5.02 Å². The first-order valence-corrected chi connectivity index (χ1v) is 4.35. The van der Waals surface area contributed by atoms with Crippen LogP contribution in [0.1, 0.15) is 30.9 Å². The van der Waals surface area contributed by atoms with Crippen molar-refractivity contribution in [3.05, 3.63) is 34.1 Å². The summed E-state index contributed by atoms with van der Waals surface area (Å²) in [5, 5.41) is 0.530. The second kappa shape index (κ2) is 3.44. The summed E-state index contributed by atoms with van der Waals surface area (Å²) in [6.07, 6.45) is 0. The van der Waals surface area contributed by atoms with Gasteiger partial charge in [0.2, 0.25) is 0 Å². The molecule has 1 aromatic rings. The molecule has 12 heavy (non-hydrogen) atoms. The molecule has 66 valence electrons. The quantitative estimate of drug-likeness (QED) is 0.624. The number of aryl methyl sites for hydroxylation is 1. The molecular formula is C10H12ClF. The van der Waals surface area contributed by atoms with Gasteiger partial charge < -0.3 is 0 Å². The standard InChI is InChI=1S/C10H12ClF/c1-6(2)10-8(11)4-7(3)5-9(10)12/h4-6H,1-3H3. The van der Waals surface area contributed by atoms with E-state index >= 15 is 0 Å². The Labute approximate surface area is 77.4 Å². The molecule has 0 spiro atoms. The van der Waals surface area contributed by atoms with E-state index in [0.717, 1.165) is 5.56 Å². The molecule has 0 nitrogen and oxygen atoms in total. The molecule has 0 heterocycles. The summed E-state index contributed by atoms with van der Waals surface area (Å²) in [7, 11) is 0. The van der Waals surface area contributed by atoms with E-state index in [4.69, 9.17) is 11.6 Å². The third kappa shape index (κ3) is 1.78. The highest BCUT2D eigenvalue weighted by Crippen LogP contribution is 2.27. The molecule has 0 amide bonds. The topological polar surface area (TPSA) is 0 Å². The molecule has 0 radical (unpaired) electrons. The summed E-state index contributed by atoms with van der Waals surface area (Å²) in [5.41, 5.74) is 1.48. The van der Waals surface area contributed by atoms with Crippen LogP contribution in [0.25, 0.3) is 0 Å². The van der Waals surface area contributed by atoms with Gasteiger partial charge in [0.05, 0.1) is 0 Å².